The zero-order valence-corrected chi connectivity index (χ0v) is 19.1. The Labute approximate surface area is 195 Å². The van der Waals surface area contributed by atoms with Gasteiger partial charge in [0.1, 0.15) is 12.7 Å². The third kappa shape index (κ3) is 5.53. The van der Waals surface area contributed by atoms with Crippen molar-refractivity contribution in [2.24, 2.45) is 0 Å². The molecule has 0 radical (unpaired) electrons. The minimum absolute atomic E-state index is 0.119. The fraction of sp³-hybridized carbons (Fsp3) is 0.318. The molecule has 10 heteroatoms. The SMILES string of the molecule is COCCn1c(SCC(=O)NC[C@H]2COc3ccccc3O2)nnc1-c1ccc(Cl)cc1. The number of halogens is 1. The van der Waals surface area contributed by atoms with E-state index in [4.69, 9.17) is 25.8 Å². The molecule has 0 aliphatic carbocycles. The maximum Gasteiger partial charge on any atom is 0.230 e. The number of hydrogen-bond donors (Lipinski definition) is 1. The first-order chi connectivity index (χ1) is 15.6. The highest BCUT2D eigenvalue weighted by molar-refractivity contribution is 7.99. The molecule has 0 saturated carbocycles. The summed E-state index contributed by atoms with van der Waals surface area (Å²) < 4.78 is 18.7. The van der Waals surface area contributed by atoms with E-state index < -0.39 is 0 Å². The zero-order chi connectivity index (χ0) is 22.3. The van der Waals surface area contributed by atoms with Crippen LogP contribution in [0.1, 0.15) is 0 Å². The molecule has 0 unspecified atom stereocenters. The number of hydrogen-bond acceptors (Lipinski definition) is 7. The smallest absolute Gasteiger partial charge is 0.230 e. The predicted octanol–water partition coefficient (Wildman–Crippen LogP) is 3.29. The van der Waals surface area contributed by atoms with Gasteiger partial charge in [-0.3, -0.25) is 9.36 Å². The van der Waals surface area contributed by atoms with Gasteiger partial charge >= 0.3 is 0 Å². The average molecular weight is 475 g/mol. The Morgan fingerprint density at radius 2 is 2.00 bits per heavy atom. The molecule has 0 spiro atoms. The van der Waals surface area contributed by atoms with E-state index >= 15 is 0 Å². The Bertz CT molecular complexity index is 1060. The summed E-state index contributed by atoms with van der Waals surface area (Å²) in [4.78, 5) is 12.4. The second-order valence-electron chi connectivity index (χ2n) is 7.05. The van der Waals surface area contributed by atoms with Gasteiger partial charge in [0.2, 0.25) is 5.91 Å². The number of nitrogens with zero attached hydrogens (tertiary/aromatic N) is 3. The number of methoxy groups -OCH3 is 1. The summed E-state index contributed by atoms with van der Waals surface area (Å²) in [5.74, 6) is 2.20. The first kappa shape index (κ1) is 22.4. The van der Waals surface area contributed by atoms with Crippen LogP contribution in [0, 0.1) is 0 Å². The van der Waals surface area contributed by atoms with Gasteiger partial charge in [0, 0.05) is 17.7 Å². The number of thioether (sulfide) groups is 1. The number of para-hydroxylation sites is 2. The second kappa shape index (κ2) is 10.7. The number of amides is 1. The third-order valence-electron chi connectivity index (χ3n) is 4.77. The molecule has 1 N–H and O–H groups in total. The molecule has 2 heterocycles. The molecule has 1 aliphatic heterocycles. The normalized spacial score (nSPS) is 14.9. The van der Waals surface area contributed by atoms with Gasteiger partial charge in [-0.25, -0.2) is 0 Å². The fourth-order valence-electron chi connectivity index (χ4n) is 3.16. The Morgan fingerprint density at radius 1 is 1.22 bits per heavy atom. The molecule has 4 rings (SSSR count). The van der Waals surface area contributed by atoms with Gasteiger partial charge in [0.25, 0.3) is 0 Å². The summed E-state index contributed by atoms with van der Waals surface area (Å²) in [6.45, 7) is 1.82. The minimum Gasteiger partial charge on any atom is -0.486 e. The number of carbonyl (C=O) groups excluding carboxylic acids is 1. The number of carbonyl (C=O) groups is 1. The number of benzene rings is 2. The van der Waals surface area contributed by atoms with Gasteiger partial charge in [-0.1, -0.05) is 35.5 Å². The Balaban J connectivity index is 1.33. The highest BCUT2D eigenvalue weighted by Gasteiger charge is 2.21. The van der Waals surface area contributed by atoms with E-state index in [1.165, 1.54) is 11.8 Å². The fourth-order valence-corrected chi connectivity index (χ4v) is 4.08. The van der Waals surface area contributed by atoms with E-state index in [9.17, 15) is 4.79 Å². The largest absolute Gasteiger partial charge is 0.486 e. The van der Waals surface area contributed by atoms with Crippen molar-refractivity contribution in [3.63, 3.8) is 0 Å². The molecule has 2 aromatic carbocycles. The lowest BCUT2D eigenvalue weighted by Gasteiger charge is -2.26. The molecule has 1 atom stereocenters. The van der Waals surface area contributed by atoms with Crippen LogP contribution in [0.2, 0.25) is 5.02 Å². The summed E-state index contributed by atoms with van der Waals surface area (Å²) in [5, 5.41) is 12.8. The maximum absolute atomic E-state index is 12.4. The summed E-state index contributed by atoms with van der Waals surface area (Å²) in [6.07, 6.45) is -0.235. The summed E-state index contributed by atoms with van der Waals surface area (Å²) in [6, 6.07) is 14.9. The molecular formula is C22H23ClN4O4S. The van der Waals surface area contributed by atoms with E-state index in [1.807, 2.05) is 53.1 Å². The Kier molecular flexibility index (Phi) is 7.51. The van der Waals surface area contributed by atoms with Crippen molar-refractivity contribution in [3.8, 4) is 22.9 Å². The van der Waals surface area contributed by atoms with E-state index in [1.54, 1.807) is 7.11 Å². The van der Waals surface area contributed by atoms with Crippen LogP contribution in [0.4, 0.5) is 0 Å². The molecule has 1 aromatic heterocycles. The summed E-state index contributed by atoms with van der Waals surface area (Å²) >= 11 is 7.32. The number of nitrogens with one attached hydrogen (secondary N) is 1. The highest BCUT2D eigenvalue weighted by Crippen LogP contribution is 2.30. The summed E-state index contributed by atoms with van der Waals surface area (Å²) in [5.41, 5.74) is 0.893. The Morgan fingerprint density at radius 3 is 2.78 bits per heavy atom. The van der Waals surface area contributed by atoms with Crippen LogP contribution >= 0.6 is 23.4 Å². The molecular weight excluding hydrogens is 452 g/mol. The van der Waals surface area contributed by atoms with Crippen molar-refractivity contribution in [1.29, 1.82) is 0 Å². The quantitative estimate of drug-likeness (QED) is 0.476. The van der Waals surface area contributed by atoms with E-state index in [2.05, 4.69) is 15.5 Å². The lowest BCUT2D eigenvalue weighted by molar-refractivity contribution is -0.119. The molecule has 0 fully saturated rings. The lowest BCUT2D eigenvalue weighted by atomic mass is 10.2. The molecule has 0 saturated heterocycles. The highest BCUT2D eigenvalue weighted by atomic mass is 35.5. The maximum atomic E-state index is 12.4. The van der Waals surface area contributed by atoms with Crippen LogP contribution in [0.5, 0.6) is 11.5 Å². The monoisotopic (exact) mass is 474 g/mol. The standard InChI is InChI=1S/C22H23ClN4O4S/c1-29-11-10-27-21(15-6-8-16(23)9-7-15)25-26-22(27)32-14-20(28)24-12-17-13-30-18-4-2-3-5-19(18)31-17/h2-9,17H,10-14H2,1H3,(H,24,28)/t17-/m0/s1. The van der Waals surface area contributed by atoms with Gasteiger partial charge in [-0.15, -0.1) is 10.2 Å². The first-order valence-electron chi connectivity index (χ1n) is 10.1. The number of ether oxygens (including phenoxy) is 3. The van der Waals surface area contributed by atoms with E-state index in [0.717, 1.165) is 11.3 Å². The average Bonchev–Trinajstić information content (AvgIpc) is 3.23. The van der Waals surface area contributed by atoms with E-state index in [-0.39, 0.29) is 17.8 Å². The van der Waals surface area contributed by atoms with Crippen LogP contribution in [0.3, 0.4) is 0 Å². The molecule has 32 heavy (non-hydrogen) atoms. The zero-order valence-electron chi connectivity index (χ0n) is 17.5. The topological polar surface area (TPSA) is 87.5 Å². The molecule has 3 aromatic rings. The molecule has 168 valence electrons. The van der Waals surface area contributed by atoms with Crippen LogP contribution in [-0.2, 0) is 16.1 Å². The third-order valence-corrected chi connectivity index (χ3v) is 5.98. The van der Waals surface area contributed by atoms with Crippen LogP contribution in [0.15, 0.2) is 53.7 Å². The van der Waals surface area contributed by atoms with Crippen molar-refractivity contribution in [2.75, 3.05) is 32.6 Å². The van der Waals surface area contributed by atoms with E-state index in [0.29, 0.717) is 48.1 Å². The lowest BCUT2D eigenvalue weighted by Crippen LogP contribution is -2.41. The van der Waals surface area contributed by atoms with Gasteiger partial charge in [-0.2, -0.15) is 0 Å². The van der Waals surface area contributed by atoms with Gasteiger partial charge in [0.05, 0.1) is 25.4 Å². The summed E-state index contributed by atoms with van der Waals surface area (Å²) in [7, 11) is 1.64. The number of fused-ring (bicyclic) bond motifs is 1. The number of rotatable bonds is 9. The van der Waals surface area contributed by atoms with Gasteiger partial charge in [-0.05, 0) is 36.4 Å². The van der Waals surface area contributed by atoms with Crippen molar-refractivity contribution in [1.82, 2.24) is 20.1 Å². The van der Waals surface area contributed by atoms with Crippen LogP contribution in [-0.4, -0.2) is 59.4 Å². The molecule has 1 aliphatic rings. The predicted molar refractivity (Wildman–Crippen MR) is 122 cm³/mol. The van der Waals surface area contributed by atoms with Gasteiger partial charge < -0.3 is 19.5 Å². The van der Waals surface area contributed by atoms with Crippen molar-refractivity contribution in [2.45, 2.75) is 17.8 Å². The van der Waals surface area contributed by atoms with Crippen molar-refractivity contribution >= 4 is 29.3 Å². The number of aromatic nitrogens is 3. The first-order valence-corrected chi connectivity index (χ1v) is 11.5. The second-order valence-corrected chi connectivity index (χ2v) is 8.43. The van der Waals surface area contributed by atoms with Crippen molar-refractivity contribution in [3.05, 3.63) is 53.6 Å². The van der Waals surface area contributed by atoms with Gasteiger partial charge in [0.15, 0.2) is 22.5 Å². The van der Waals surface area contributed by atoms with Crippen molar-refractivity contribution < 1.29 is 19.0 Å². The Hall–Kier alpha value is -2.75. The molecule has 8 nitrogen and oxygen atoms in total. The van der Waals surface area contributed by atoms with Crippen LogP contribution < -0.4 is 14.8 Å². The minimum atomic E-state index is -0.235. The molecule has 0 bridgehead atoms. The van der Waals surface area contributed by atoms with Crippen LogP contribution in [0.25, 0.3) is 11.4 Å². The molecule has 1 amide bonds.